The molecule has 0 saturated carbocycles. The molecule has 0 fully saturated rings. The van der Waals surface area contributed by atoms with Crippen LogP contribution in [0.25, 0.3) is 0 Å². The Kier molecular flexibility index (Phi) is 5.91. The van der Waals surface area contributed by atoms with E-state index in [0.29, 0.717) is 0 Å². The van der Waals surface area contributed by atoms with Gasteiger partial charge in [0, 0.05) is 18.2 Å². The fourth-order valence-electron chi connectivity index (χ4n) is 0.388. The average molecular weight is 227 g/mol. The molecular formula is C9H9NO6. The van der Waals surface area contributed by atoms with Crippen molar-refractivity contribution in [3.63, 3.8) is 0 Å². The fraction of sp³-hybridized carbons (Fsp3) is 0. The Balaban J connectivity index is 4.48. The maximum Gasteiger partial charge on any atom is 0.356 e. The highest BCUT2D eigenvalue weighted by Crippen LogP contribution is 1.98. The van der Waals surface area contributed by atoms with Crippen LogP contribution in [0, 0.1) is 0 Å². The second-order valence-electron chi connectivity index (χ2n) is 2.07. The lowest BCUT2D eigenvalue weighted by molar-refractivity contribution is -0.460. The largest absolute Gasteiger partial charge is 0.356 e. The highest BCUT2D eigenvalue weighted by atomic mass is 17.2. The lowest BCUT2D eigenvalue weighted by atomic mass is 10.7. The number of nitrogens with zero attached hydrogens (tertiary/aromatic N) is 1. The summed E-state index contributed by atoms with van der Waals surface area (Å²) in [4.78, 5) is 45.0. The van der Waals surface area contributed by atoms with E-state index >= 15 is 0 Å². The molecule has 0 aliphatic rings. The molecule has 0 aliphatic heterocycles. The van der Waals surface area contributed by atoms with Crippen molar-refractivity contribution in [2.75, 3.05) is 0 Å². The van der Waals surface area contributed by atoms with Crippen molar-refractivity contribution in [1.29, 1.82) is 0 Å². The van der Waals surface area contributed by atoms with Crippen LogP contribution in [0.5, 0.6) is 0 Å². The Labute approximate surface area is 91.0 Å². The van der Waals surface area contributed by atoms with Crippen molar-refractivity contribution in [2.24, 2.45) is 0 Å². The van der Waals surface area contributed by atoms with Crippen LogP contribution in [-0.2, 0) is 28.9 Å². The molecule has 0 aliphatic carbocycles. The Hall–Kier alpha value is -2.41. The minimum absolute atomic E-state index is 0.0714. The van der Waals surface area contributed by atoms with E-state index in [0.717, 1.165) is 18.2 Å². The van der Waals surface area contributed by atoms with E-state index in [2.05, 4.69) is 34.2 Å². The van der Waals surface area contributed by atoms with E-state index in [-0.39, 0.29) is 5.39 Å². The van der Waals surface area contributed by atoms with Crippen LogP contribution >= 0.6 is 0 Å². The molecule has 0 rings (SSSR count). The van der Waals surface area contributed by atoms with Gasteiger partial charge in [-0.3, -0.25) is 14.5 Å². The monoisotopic (exact) mass is 227 g/mol. The van der Waals surface area contributed by atoms with Gasteiger partial charge in [0.25, 0.3) is 0 Å². The molecule has 0 bridgehead atoms. The van der Waals surface area contributed by atoms with Gasteiger partial charge in [0.15, 0.2) is 0 Å². The molecule has 0 aromatic heterocycles. The second-order valence-corrected chi connectivity index (χ2v) is 2.07. The number of carbonyl (C=O) groups excluding carboxylic acids is 3. The Morgan fingerprint density at radius 3 is 1.19 bits per heavy atom. The van der Waals surface area contributed by atoms with Crippen molar-refractivity contribution in [2.45, 2.75) is 0 Å². The molecule has 0 radical (unpaired) electrons. The SMILES string of the molecule is C=CC(=O)ON(OC(=O)C=C)OC(=O)C=C. The molecule has 0 spiro atoms. The molecule has 0 unspecified atom stereocenters. The van der Waals surface area contributed by atoms with Crippen LogP contribution in [0.4, 0.5) is 0 Å². The van der Waals surface area contributed by atoms with Gasteiger partial charge < -0.3 is 0 Å². The van der Waals surface area contributed by atoms with Crippen molar-refractivity contribution < 1.29 is 28.9 Å². The fourth-order valence-corrected chi connectivity index (χ4v) is 0.388. The summed E-state index contributed by atoms with van der Waals surface area (Å²) in [6.07, 6.45) is 2.32. The maximum absolute atomic E-state index is 10.7. The number of hydrogen-bond donors (Lipinski definition) is 0. The molecular weight excluding hydrogens is 218 g/mol. The normalized spacial score (nSPS) is 8.81. The van der Waals surface area contributed by atoms with Gasteiger partial charge in [0.1, 0.15) is 0 Å². The smallest absolute Gasteiger partial charge is 0.296 e. The first-order chi connectivity index (χ1) is 7.53. The van der Waals surface area contributed by atoms with Gasteiger partial charge >= 0.3 is 17.9 Å². The predicted molar refractivity (Wildman–Crippen MR) is 50.7 cm³/mol. The third kappa shape index (κ3) is 5.35. The number of hydrogen-bond acceptors (Lipinski definition) is 7. The molecule has 0 aromatic carbocycles. The van der Waals surface area contributed by atoms with E-state index in [1.54, 1.807) is 0 Å². The molecule has 86 valence electrons. The van der Waals surface area contributed by atoms with Gasteiger partial charge in [-0.25, -0.2) is 14.4 Å². The van der Waals surface area contributed by atoms with Crippen molar-refractivity contribution in [3.8, 4) is 0 Å². The zero-order chi connectivity index (χ0) is 12.6. The second kappa shape index (κ2) is 6.96. The van der Waals surface area contributed by atoms with Gasteiger partial charge in [-0.2, -0.15) is 0 Å². The molecule has 16 heavy (non-hydrogen) atoms. The van der Waals surface area contributed by atoms with E-state index in [1.165, 1.54) is 0 Å². The van der Waals surface area contributed by atoms with Gasteiger partial charge in [0.2, 0.25) is 5.39 Å². The van der Waals surface area contributed by atoms with Crippen molar-refractivity contribution >= 4 is 17.9 Å². The summed E-state index contributed by atoms with van der Waals surface area (Å²) in [5, 5.41) is -0.0714. The molecule has 0 atom stereocenters. The zero-order valence-corrected chi connectivity index (χ0v) is 8.25. The predicted octanol–water partition coefficient (Wildman–Crippen LogP) is 0.221. The minimum atomic E-state index is -0.992. The van der Waals surface area contributed by atoms with Crippen LogP contribution < -0.4 is 0 Å². The van der Waals surface area contributed by atoms with Gasteiger partial charge in [0.05, 0.1) is 0 Å². The van der Waals surface area contributed by atoms with E-state index in [9.17, 15) is 14.4 Å². The van der Waals surface area contributed by atoms with Crippen LogP contribution in [0.2, 0.25) is 0 Å². The van der Waals surface area contributed by atoms with Crippen LogP contribution in [0.3, 0.4) is 0 Å². The third-order valence-electron chi connectivity index (χ3n) is 0.994. The minimum Gasteiger partial charge on any atom is -0.296 e. The van der Waals surface area contributed by atoms with Crippen LogP contribution in [-0.4, -0.2) is 23.3 Å². The lowest BCUT2D eigenvalue weighted by Gasteiger charge is -2.14. The molecule has 7 heteroatoms. The summed E-state index contributed by atoms with van der Waals surface area (Å²) < 4.78 is 0. The summed E-state index contributed by atoms with van der Waals surface area (Å²) in [7, 11) is 0. The molecule has 0 aromatic rings. The number of rotatable bonds is 6. The molecule has 0 N–H and O–H groups in total. The summed E-state index contributed by atoms with van der Waals surface area (Å²) in [6.45, 7) is 9.27. The zero-order valence-electron chi connectivity index (χ0n) is 8.25. The first-order valence-corrected chi connectivity index (χ1v) is 3.86. The summed E-state index contributed by atoms with van der Waals surface area (Å²) >= 11 is 0. The first kappa shape index (κ1) is 13.6. The standard InChI is InChI=1S/C9H9NO6/c1-4-7(11)14-10(15-8(12)5-2)16-9(13)6-3/h4-6H,1-3H2. The Morgan fingerprint density at radius 2 is 1.00 bits per heavy atom. The highest BCUT2D eigenvalue weighted by molar-refractivity contribution is 5.83. The van der Waals surface area contributed by atoms with E-state index in [4.69, 9.17) is 0 Å². The molecule has 0 saturated heterocycles. The number of carbonyl (C=O) groups is 3. The average Bonchev–Trinajstić information content (AvgIpc) is 2.28. The quantitative estimate of drug-likeness (QED) is 0.474. The Bertz CT molecular complexity index is 283. The Morgan fingerprint density at radius 1 is 0.750 bits per heavy atom. The molecule has 0 amide bonds. The highest BCUT2D eigenvalue weighted by Gasteiger charge is 2.18. The lowest BCUT2D eigenvalue weighted by Crippen LogP contribution is -2.31. The maximum atomic E-state index is 10.7. The van der Waals surface area contributed by atoms with Crippen molar-refractivity contribution in [3.05, 3.63) is 38.0 Å². The van der Waals surface area contributed by atoms with Crippen LogP contribution in [0.15, 0.2) is 38.0 Å². The summed E-state index contributed by atoms with van der Waals surface area (Å²) in [5.74, 6) is -2.98. The van der Waals surface area contributed by atoms with Crippen LogP contribution in [0.1, 0.15) is 0 Å². The van der Waals surface area contributed by atoms with E-state index in [1.807, 2.05) is 0 Å². The molecule has 7 nitrogen and oxygen atoms in total. The molecule has 0 heterocycles. The first-order valence-electron chi connectivity index (χ1n) is 3.86. The van der Waals surface area contributed by atoms with E-state index < -0.39 is 17.9 Å². The van der Waals surface area contributed by atoms with Gasteiger partial charge in [-0.05, 0) is 0 Å². The third-order valence-corrected chi connectivity index (χ3v) is 0.994. The summed E-state index contributed by atoms with van der Waals surface area (Å²) in [5.41, 5.74) is 0. The van der Waals surface area contributed by atoms with Gasteiger partial charge in [-0.15, -0.1) is 0 Å². The summed E-state index contributed by atoms with van der Waals surface area (Å²) in [6, 6.07) is 0. The topological polar surface area (TPSA) is 82.1 Å². The van der Waals surface area contributed by atoms with Crippen molar-refractivity contribution in [1.82, 2.24) is 5.39 Å². The van der Waals surface area contributed by atoms with Gasteiger partial charge in [-0.1, -0.05) is 19.7 Å².